The average Bonchev–Trinajstić information content (AvgIpc) is 2.36. The van der Waals surface area contributed by atoms with Crippen LogP contribution >= 0.6 is 11.8 Å². The summed E-state index contributed by atoms with van der Waals surface area (Å²) in [5.74, 6) is -0.581. The second-order valence-electron chi connectivity index (χ2n) is 3.46. The molecule has 4 nitrogen and oxygen atoms in total. The van der Waals surface area contributed by atoms with Gasteiger partial charge in [-0.1, -0.05) is 12.1 Å². The van der Waals surface area contributed by atoms with Gasteiger partial charge in [-0.2, -0.15) is 0 Å². The van der Waals surface area contributed by atoms with E-state index in [0.717, 1.165) is 10.5 Å². The van der Waals surface area contributed by atoms with Crippen molar-refractivity contribution in [3.63, 3.8) is 0 Å². The fraction of sp³-hybridized carbons (Fsp3) is 0.231. The zero-order valence-corrected chi connectivity index (χ0v) is 11.3. The number of esters is 1. The normalized spacial score (nSPS) is 10.4. The minimum absolute atomic E-state index is 0.149. The Morgan fingerprint density at radius 3 is 2.67 bits per heavy atom. The maximum absolute atomic E-state index is 11.2. The van der Waals surface area contributed by atoms with Gasteiger partial charge in [0, 0.05) is 17.9 Å². The van der Waals surface area contributed by atoms with Crippen LogP contribution in [0.25, 0.3) is 6.08 Å². The summed E-state index contributed by atoms with van der Waals surface area (Å²) in [6.07, 6.45) is 4.87. The molecule has 0 heterocycles. The molecule has 0 aliphatic carbocycles. The maximum atomic E-state index is 11.2. The molecule has 1 aromatic rings. The molecule has 0 aromatic heterocycles. The van der Waals surface area contributed by atoms with Gasteiger partial charge in [0.1, 0.15) is 0 Å². The first kappa shape index (κ1) is 14.3. The number of anilines is 1. The smallest absolute Gasteiger partial charge is 0.330 e. The molecule has 0 saturated carbocycles. The molecule has 0 atom stereocenters. The number of nitrogens with one attached hydrogen (secondary N) is 1. The molecule has 1 amide bonds. The van der Waals surface area contributed by atoms with Gasteiger partial charge in [0.05, 0.1) is 12.8 Å². The lowest BCUT2D eigenvalue weighted by Gasteiger charge is -2.11. The lowest BCUT2D eigenvalue weighted by Crippen LogP contribution is -2.08. The Labute approximate surface area is 110 Å². The Hall–Kier alpha value is -1.75. The fourth-order valence-corrected chi connectivity index (χ4v) is 1.98. The molecule has 0 aliphatic rings. The van der Waals surface area contributed by atoms with Crippen molar-refractivity contribution in [3.8, 4) is 0 Å². The predicted octanol–water partition coefficient (Wildman–Crippen LogP) is 2.55. The first-order valence-corrected chi connectivity index (χ1v) is 6.51. The van der Waals surface area contributed by atoms with E-state index in [1.807, 2.05) is 24.5 Å². The number of benzene rings is 1. The van der Waals surface area contributed by atoms with Crippen LogP contribution in [0.1, 0.15) is 12.5 Å². The molecule has 0 aliphatic heterocycles. The summed E-state index contributed by atoms with van der Waals surface area (Å²) in [6.45, 7) is 1.45. The molecule has 0 spiro atoms. The van der Waals surface area contributed by atoms with Crippen LogP contribution < -0.4 is 5.32 Å². The fourth-order valence-electron chi connectivity index (χ4n) is 1.39. The van der Waals surface area contributed by atoms with Crippen LogP contribution in [0.5, 0.6) is 0 Å². The van der Waals surface area contributed by atoms with Crippen LogP contribution in [0.15, 0.2) is 29.2 Å². The molecular formula is C13H15NO3S. The van der Waals surface area contributed by atoms with E-state index in [9.17, 15) is 9.59 Å². The van der Waals surface area contributed by atoms with Gasteiger partial charge in [0.2, 0.25) is 5.91 Å². The minimum atomic E-state index is -0.432. The molecule has 1 N–H and O–H groups in total. The van der Waals surface area contributed by atoms with Crippen molar-refractivity contribution in [3.05, 3.63) is 29.8 Å². The molecule has 0 fully saturated rings. The van der Waals surface area contributed by atoms with E-state index >= 15 is 0 Å². The third-order valence-electron chi connectivity index (χ3n) is 2.18. The molecule has 1 aromatic carbocycles. The minimum Gasteiger partial charge on any atom is -0.466 e. The molecule has 18 heavy (non-hydrogen) atoms. The van der Waals surface area contributed by atoms with E-state index in [4.69, 9.17) is 0 Å². The van der Waals surface area contributed by atoms with E-state index in [2.05, 4.69) is 10.1 Å². The lowest BCUT2D eigenvalue weighted by molar-refractivity contribution is -0.134. The van der Waals surface area contributed by atoms with Crippen molar-refractivity contribution in [2.24, 2.45) is 0 Å². The van der Waals surface area contributed by atoms with Crippen LogP contribution in [0, 0.1) is 0 Å². The number of rotatable bonds is 4. The second kappa shape index (κ2) is 6.86. The monoisotopic (exact) mass is 265 g/mol. The topological polar surface area (TPSA) is 55.4 Å². The van der Waals surface area contributed by atoms with Crippen LogP contribution in [0.4, 0.5) is 5.69 Å². The zero-order valence-electron chi connectivity index (χ0n) is 10.5. The number of carbonyl (C=O) groups is 2. The number of hydrogen-bond acceptors (Lipinski definition) is 4. The third kappa shape index (κ3) is 3.92. The van der Waals surface area contributed by atoms with Crippen molar-refractivity contribution in [1.29, 1.82) is 0 Å². The average molecular weight is 265 g/mol. The Morgan fingerprint density at radius 1 is 1.39 bits per heavy atom. The molecular weight excluding hydrogens is 250 g/mol. The van der Waals surface area contributed by atoms with Crippen LogP contribution in [-0.4, -0.2) is 25.2 Å². The number of thioether (sulfide) groups is 1. The van der Waals surface area contributed by atoms with Gasteiger partial charge >= 0.3 is 5.97 Å². The summed E-state index contributed by atoms with van der Waals surface area (Å²) in [4.78, 5) is 23.2. The van der Waals surface area contributed by atoms with Crippen LogP contribution in [0.3, 0.4) is 0 Å². The highest BCUT2D eigenvalue weighted by molar-refractivity contribution is 7.98. The van der Waals surface area contributed by atoms with Gasteiger partial charge < -0.3 is 10.1 Å². The van der Waals surface area contributed by atoms with E-state index in [1.54, 1.807) is 6.08 Å². The van der Waals surface area contributed by atoms with Gasteiger partial charge in [-0.15, -0.1) is 11.8 Å². The number of carbonyl (C=O) groups excluding carboxylic acids is 2. The highest BCUT2D eigenvalue weighted by atomic mass is 32.2. The summed E-state index contributed by atoms with van der Waals surface area (Å²) >= 11 is 1.53. The van der Waals surface area contributed by atoms with Gasteiger partial charge in [-0.05, 0) is 24.0 Å². The lowest BCUT2D eigenvalue weighted by atomic mass is 10.1. The standard InChI is InChI=1S/C13H15NO3S/c1-9(15)14-13-10(7-8-12(16)17-2)5-4-6-11(13)18-3/h4-8H,1-3H3,(H,14,15). The molecule has 0 bridgehead atoms. The first-order valence-electron chi connectivity index (χ1n) is 5.29. The van der Waals surface area contributed by atoms with Crippen molar-refractivity contribution >= 4 is 35.4 Å². The van der Waals surface area contributed by atoms with Crippen molar-refractivity contribution in [2.45, 2.75) is 11.8 Å². The third-order valence-corrected chi connectivity index (χ3v) is 2.96. The number of methoxy groups -OCH3 is 1. The van der Waals surface area contributed by atoms with Gasteiger partial charge in [-0.25, -0.2) is 4.79 Å². The van der Waals surface area contributed by atoms with Gasteiger partial charge in [0.15, 0.2) is 0 Å². The van der Waals surface area contributed by atoms with E-state index in [1.165, 1.54) is 31.9 Å². The van der Waals surface area contributed by atoms with Crippen molar-refractivity contribution in [1.82, 2.24) is 0 Å². The summed E-state index contributed by atoms with van der Waals surface area (Å²) in [5, 5.41) is 2.77. The summed E-state index contributed by atoms with van der Waals surface area (Å²) < 4.78 is 4.53. The van der Waals surface area contributed by atoms with E-state index in [-0.39, 0.29) is 5.91 Å². The summed E-state index contributed by atoms with van der Waals surface area (Å²) in [6, 6.07) is 5.60. The van der Waals surface area contributed by atoms with Crippen LogP contribution in [-0.2, 0) is 14.3 Å². The predicted molar refractivity (Wildman–Crippen MR) is 73.6 cm³/mol. The van der Waals surface area contributed by atoms with Crippen molar-refractivity contribution < 1.29 is 14.3 Å². The molecule has 1 rings (SSSR count). The summed E-state index contributed by atoms with van der Waals surface area (Å²) in [5.41, 5.74) is 1.47. The number of ether oxygens (including phenoxy) is 1. The van der Waals surface area contributed by atoms with Gasteiger partial charge in [-0.3, -0.25) is 4.79 Å². The SMILES string of the molecule is COC(=O)C=Cc1cccc(SC)c1NC(C)=O. The molecule has 0 radical (unpaired) electrons. The largest absolute Gasteiger partial charge is 0.466 e. The number of amides is 1. The molecule has 0 unspecified atom stereocenters. The first-order chi connectivity index (χ1) is 8.58. The maximum Gasteiger partial charge on any atom is 0.330 e. The molecule has 5 heteroatoms. The van der Waals surface area contributed by atoms with E-state index in [0.29, 0.717) is 5.69 Å². The number of para-hydroxylation sites is 1. The Balaban J connectivity index is 3.13. The highest BCUT2D eigenvalue weighted by Crippen LogP contribution is 2.29. The van der Waals surface area contributed by atoms with Crippen molar-refractivity contribution in [2.75, 3.05) is 18.7 Å². The second-order valence-corrected chi connectivity index (χ2v) is 4.31. The summed E-state index contributed by atoms with van der Waals surface area (Å²) in [7, 11) is 1.32. The quantitative estimate of drug-likeness (QED) is 0.516. The zero-order chi connectivity index (χ0) is 13.5. The Morgan fingerprint density at radius 2 is 2.11 bits per heavy atom. The molecule has 96 valence electrons. The highest BCUT2D eigenvalue weighted by Gasteiger charge is 2.07. The van der Waals surface area contributed by atoms with Gasteiger partial charge in [0.25, 0.3) is 0 Å². The number of hydrogen-bond donors (Lipinski definition) is 1. The Bertz CT molecular complexity index is 483. The molecule has 0 saturated heterocycles. The van der Waals surface area contributed by atoms with Crippen LogP contribution in [0.2, 0.25) is 0 Å². The Kier molecular flexibility index (Phi) is 5.45. The van der Waals surface area contributed by atoms with E-state index < -0.39 is 5.97 Å².